The molecule has 0 spiro atoms. The molecule has 1 aromatic carbocycles. The van der Waals surface area contributed by atoms with Gasteiger partial charge in [0.15, 0.2) is 0 Å². The molecule has 1 atom stereocenters. The molecule has 0 aliphatic rings. The topological polar surface area (TPSA) is 152 Å². The third kappa shape index (κ3) is 16.1. The number of ether oxygens (including phenoxy) is 2. The van der Waals surface area contributed by atoms with Gasteiger partial charge in [-0.15, -0.1) is 0 Å². The minimum Gasteiger partial charge on any atom is -0.508 e. The van der Waals surface area contributed by atoms with Crippen molar-refractivity contribution in [3.05, 3.63) is 29.8 Å². The number of unbranched alkanes of at least 4 members (excludes halogenated alkanes) is 1. The van der Waals surface area contributed by atoms with Crippen LogP contribution in [0.1, 0.15) is 57.4 Å². The Morgan fingerprint density at radius 3 is 2.03 bits per heavy atom. The van der Waals surface area contributed by atoms with Crippen molar-refractivity contribution in [2.45, 2.75) is 64.3 Å². The minimum atomic E-state index is -0.670. The average molecular weight is 509 g/mol. The number of nitrogens with one attached hydrogen (secondary N) is 3. The zero-order valence-corrected chi connectivity index (χ0v) is 21.6. The highest BCUT2D eigenvalue weighted by Crippen LogP contribution is 2.11. The lowest BCUT2D eigenvalue weighted by atomic mass is 10.0. The highest BCUT2D eigenvalue weighted by atomic mass is 16.5. The summed E-state index contributed by atoms with van der Waals surface area (Å²) in [5.41, 5.74) is 6.17. The number of rotatable bonds is 21. The van der Waals surface area contributed by atoms with Crippen LogP contribution in [0.25, 0.3) is 0 Å². The molecule has 0 saturated carbocycles. The number of benzene rings is 1. The van der Waals surface area contributed by atoms with Gasteiger partial charge in [-0.05, 0) is 49.8 Å². The molecule has 204 valence electrons. The Kier molecular flexibility index (Phi) is 17.8. The average Bonchev–Trinajstić information content (AvgIpc) is 2.85. The molecule has 36 heavy (non-hydrogen) atoms. The predicted octanol–water partition coefficient (Wildman–Crippen LogP) is 1.39. The van der Waals surface area contributed by atoms with Crippen molar-refractivity contribution in [2.24, 2.45) is 5.73 Å². The first-order chi connectivity index (χ1) is 17.5. The fourth-order valence-electron chi connectivity index (χ4n) is 3.31. The van der Waals surface area contributed by atoms with Crippen LogP contribution in [0.15, 0.2) is 24.3 Å². The van der Waals surface area contributed by atoms with E-state index < -0.39 is 6.04 Å². The number of phenols is 1. The first-order valence-electron chi connectivity index (χ1n) is 12.9. The highest BCUT2D eigenvalue weighted by Gasteiger charge is 2.20. The SMILES string of the molecule is CCCC(=O)N[C@@H](Cc1ccc(O)cc1)C(=O)NCCCOCCCCOCCCNC(=O)CCN. The number of hydrogen-bond acceptors (Lipinski definition) is 7. The molecular formula is C26H44N4O6. The van der Waals surface area contributed by atoms with Crippen molar-refractivity contribution >= 4 is 17.7 Å². The van der Waals surface area contributed by atoms with Crippen LogP contribution < -0.4 is 21.7 Å². The summed E-state index contributed by atoms with van der Waals surface area (Å²) in [6.45, 7) is 5.76. The molecule has 10 nitrogen and oxygen atoms in total. The maximum atomic E-state index is 12.7. The molecule has 0 saturated heterocycles. The molecular weight excluding hydrogens is 464 g/mol. The molecule has 0 fully saturated rings. The van der Waals surface area contributed by atoms with E-state index >= 15 is 0 Å². The Morgan fingerprint density at radius 2 is 1.44 bits per heavy atom. The first-order valence-corrected chi connectivity index (χ1v) is 12.9. The second-order valence-corrected chi connectivity index (χ2v) is 8.56. The second kappa shape index (κ2) is 20.5. The molecule has 0 aliphatic carbocycles. The molecule has 3 amide bonds. The molecule has 0 unspecified atom stereocenters. The van der Waals surface area contributed by atoms with Crippen molar-refractivity contribution in [3.63, 3.8) is 0 Å². The molecule has 10 heteroatoms. The van der Waals surface area contributed by atoms with Gasteiger partial charge in [-0.1, -0.05) is 19.1 Å². The third-order valence-corrected chi connectivity index (χ3v) is 5.26. The van der Waals surface area contributed by atoms with E-state index in [1.54, 1.807) is 24.3 Å². The normalized spacial score (nSPS) is 11.6. The van der Waals surface area contributed by atoms with E-state index in [1.165, 1.54) is 0 Å². The molecule has 1 aromatic rings. The number of carbonyl (C=O) groups excluding carboxylic acids is 3. The van der Waals surface area contributed by atoms with Crippen LogP contribution >= 0.6 is 0 Å². The van der Waals surface area contributed by atoms with Gasteiger partial charge in [0, 0.05) is 65.3 Å². The fourth-order valence-corrected chi connectivity index (χ4v) is 3.31. The maximum absolute atomic E-state index is 12.7. The summed E-state index contributed by atoms with van der Waals surface area (Å²) in [6.07, 6.45) is 5.01. The second-order valence-electron chi connectivity index (χ2n) is 8.56. The molecule has 0 aliphatic heterocycles. The molecule has 1 rings (SSSR count). The van der Waals surface area contributed by atoms with Crippen LogP contribution in [-0.4, -0.2) is 74.9 Å². The quantitative estimate of drug-likeness (QED) is 0.157. The maximum Gasteiger partial charge on any atom is 0.242 e. The van der Waals surface area contributed by atoms with Gasteiger partial charge in [0.05, 0.1) is 0 Å². The van der Waals surface area contributed by atoms with E-state index in [9.17, 15) is 19.5 Å². The number of phenolic OH excluding ortho intramolecular Hbond substituents is 1. The van der Waals surface area contributed by atoms with Gasteiger partial charge in [0.25, 0.3) is 0 Å². The summed E-state index contributed by atoms with van der Waals surface area (Å²) < 4.78 is 11.2. The van der Waals surface area contributed by atoms with Crippen LogP contribution in [0.3, 0.4) is 0 Å². The smallest absolute Gasteiger partial charge is 0.242 e. The van der Waals surface area contributed by atoms with Gasteiger partial charge in [-0.3, -0.25) is 14.4 Å². The molecule has 0 heterocycles. The van der Waals surface area contributed by atoms with Crippen molar-refractivity contribution in [2.75, 3.05) is 46.1 Å². The van der Waals surface area contributed by atoms with Crippen LogP contribution in [0.2, 0.25) is 0 Å². The van der Waals surface area contributed by atoms with Crippen molar-refractivity contribution in [1.29, 1.82) is 0 Å². The summed E-state index contributed by atoms with van der Waals surface area (Å²) in [5, 5.41) is 17.9. The van der Waals surface area contributed by atoms with Crippen LogP contribution in [0.4, 0.5) is 0 Å². The van der Waals surface area contributed by atoms with Crippen LogP contribution in [0.5, 0.6) is 5.75 Å². The Balaban J connectivity index is 2.11. The van der Waals surface area contributed by atoms with Crippen LogP contribution in [0, 0.1) is 0 Å². The zero-order valence-electron chi connectivity index (χ0n) is 21.6. The Bertz CT molecular complexity index is 744. The monoisotopic (exact) mass is 508 g/mol. The van der Waals surface area contributed by atoms with Gasteiger partial charge in [0.1, 0.15) is 11.8 Å². The minimum absolute atomic E-state index is 0.0261. The van der Waals surface area contributed by atoms with Gasteiger partial charge in [-0.2, -0.15) is 0 Å². The third-order valence-electron chi connectivity index (χ3n) is 5.26. The Morgan fingerprint density at radius 1 is 0.861 bits per heavy atom. The number of aromatic hydroxyl groups is 1. The molecule has 6 N–H and O–H groups in total. The molecule has 0 aromatic heterocycles. The summed E-state index contributed by atoms with van der Waals surface area (Å²) in [7, 11) is 0. The van der Waals surface area contributed by atoms with Crippen LogP contribution in [-0.2, 0) is 30.3 Å². The van der Waals surface area contributed by atoms with Gasteiger partial charge in [0.2, 0.25) is 17.7 Å². The predicted molar refractivity (Wildman–Crippen MR) is 138 cm³/mol. The van der Waals surface area contributed by atoms with Gasteiger partial charge < -0.3 is 36.3 Å². The largest absolute Gasteiger partial charge is 0.508 e. The standard InChI is InChI=1S/C26H44N4O6/c1-2-7-25(33)30-23(20-21-8-10-22(31)11-9-21)26(34)29-15-6-19-36-17-4-3-16-35-18-5-14-28-24(32)12-13-27/h8-11,23,31H,2-7,12-20,27H2,1H3,(H,28,32)(H,29,34)(H,30,33)/t23-/m0/s1. The number of amides is 3. The lowest BCUT2D eigenvalue weighted by Crippen LogP contribution is -2.48. The summed E-state index contributed by atoms with van der Waals surface area (Å²) in [5.74, 6) is -0.258. The van der Waals surface area contributed by atoms with E-state index in [-0.39, 0.29) is 23.5 Å². The Labute approximate surface area is 214 Å². The lowest BCUT2D eigenvalue weighted by molar-refractivity contribution is -0.129. The van der Waals surface area contributed by atoms with Crippen molar-refractivity contribution in [1.82, 2.24) is 16.0 Å². The van der Waals surface area contributed by atoms with Crippen molar-refractivity contribution < 1.29 is 29.0 Å². The van der Waals surface area contributed by atoms with Gasteiger partial charge in [-0.25, -0.2) is 0 Å². The molecule has 0 bridgehead atoms. The zero-order chi connectivity index (χ0) is 26.4. The Hall–Kier alpha value is -2.69. The van der Waals surface area contributed by atoms with E-state index in [4.69, 9.17) is 15.2 Å². The van der Waals surface area contributed by atoms with E-state index in [0.717, 1.165) is 24.8 Å². The highest BCUT2D eigenvalue weighted by molar-refractivity contribution is 5.87. The summed E-state index contributed by atoms with van der Waals surface area (Å²) in [6, 6.07) is 5.94. The summed E-state index contributed by atoms with van der Waals surface area (Å²) >= 11 is 0. The number of carbonyl (C=O) groups is 3. The first kappa shape index (κ1) is 31.3. The molecule has 0 radical (unpaired) electrons. The lowest BCUT2D eigenvalue weighted by Gasteiger charge is -2.19. The van der Waals surface area contributed by atoms with E-state index in [1.807, 2.05) is 6.92 Å². The fraction of sp³-hybridized carbons (Fsp3) is 0.654. The number of hydrogen-bond donors (Lipinski definition) is 5. The number of nitrogens with two attached hydrogens (primary N) is 1. The van der Waals surface area contributed by atoms with Gasteiger partial charge >= 0.3 is 0 Å². The van der Waals surface area contributed by atoms with E-state index in [0.29, 0.717) is 78.2 Å². The summed E-state index contributed by atoms with van der Waals surface area (Å²) in [4.78, 5) is 36.0. The van der Waals surface area contributed by atoms with Crippen molar-refractivity contribution in [3.8, 4) is 5.75 Å². The van der Waals surface area contributed by atoms with E-state index in [2.05, 4.69) is 16.0 Å².